The van der Waals surface area contributed by atoms with Gasteiger partial charge in [0.1, 0.15) is 6.54 Å². The fourth-order valence-corrected chi connectivity index (χ4v) is 3.79. The number of urea groups is 1. The number of rotatable bonds is 3. The van der Waals surface area contributed by atoms with Gasteiger partial charge in [-0.2, -0.15) is 0 Å². The quantitative estimate of drug-likeness (QED) is 0.932. The highest BCUT2D eigenvalue weighted by Gasteiger charge is 2.31. The second-order valence-corrected chi connectivity index (χ2v) is 6.54. The van der Waals surface area contributed by atoms with Crippen LogP contribution in [0.15, 0.2) is 36.5 Å². The van der Waals surface area contributed by atoms with Crippen molar-refractivity contribution in [1.29, 1.82) is 0 Å². The number of nitrogens with zero attached hydrogens (tertiary/aromatic N) is 3. The van der Waals surface area contributed by atoms with Crippen LogP contribution >= 0.6 is 0 Å². The summed E-state index contributed by atoms with van der Waals surface area (Å²) in [5.41, 5.74) is 1.09. The van der Waals surface area contributed by atoms with Crippen molar-refractivity contribution in [2.45, 2.75) is 25.4 Å². The number of carbonyl (C=O) groups is 2. The molecule has 6 heteroatoms. The maximum atomic E-state index is 12.6. The number of fused-ring (bicyclic) bond motifs is 1. The molecule has 24 heavy (non-hydrogen) atoms. The predicted molar refractivity (Wildman–Crippen MR) is 91.6 cm³/mol. The minimum atomic E-state index is 0.0404. The minimum Gasteiger partial charge on any atom is -0.341 e. The number of nitrogens with one attached hydrogen (secondary N) is 1. The molecule has 2 aliphatic heterocycles. The lowest BCUT2D eigenvalue weighted by Crippen LogP contribution is -2.48. The Morgan fingerprint density at radius 3 is 2.67 bits per heavy atom. The fraction of sp³-hybridized carbons (Fsp3) is 0.444. The van der Waals surface area contributed by atoms with Gasteiger partial charge in [0, 0.05) is 43.9 Å². The molecular formula is C18H22N4O2. The molecule has 2 aromatic rings. The molecule has 0 aliphatic carbocycles. The van der Waals surface area contributed by atoms with Crippen LogP contribution in [0.3, 0.4) is 0 Å². The minimum absolute atomic E-state index is 0.0404. The molecule has 4 rings (SSSR count). The smallest absolute Gasteiger partial charge is 0.317 e. The lowest BCUT2D eigenvalue weighted by Gasteiger charge is -2.36. The summed E-state index contributed by atoms with van der Waals surface area (Å²) >= 11 is 0. The first kappa shape index (κ1) is 15.1. The Kier molecular flexibility index (Phi) is 3.88. The molecule has 2 saturated heterocycles. The number of hydrogen-bond donors (Lipinski definition) is 1. The molecule has 1 aromatic carbocycles. The molecule has 0 bridgehead atoms. The van der Waals surface area contributed by atoms with Gasteiger partial charge in [-0.05, 0) is 30.4 Å². The fourth-order valence-electron chi connectivity index (χ4n) is 3.79. The highest BCUT2D eigenvalue weighted by atomic mass is 16.2. The molecule has 2 fully saturated rings. The molecule has 0 atom stereocenters. The first-order chi connectivity index (χ1) is 11.7. The van der Waals surface area contributed by atoms with Gasteiger partial charge < -0.3 is 19.7 Å². The topological polar surface area (TPSA) is 57.6 Å². The van der Waals surface area contributed by atoms with E-state index in [9.17, 15) is 9.59 Å². The van der Waals surface area contributed by atoms with Crippen LogP contribution in [0.25, 0.3) is 10.9 Å². The largest absolute Gasteiger partial charge is 0.341 e. The van der Waals surface area contributed by atoms with Gasteiger partial charge in [-0.3, -0.25) is 4.79 Å². The summed E-state index contributed by atoms with van der Waals surface area (Å²) in [6.07, 6.45) is 3.71. The molecule has 3 amide bonds. The summed E-state index contributed by atoms with van der Waals surface area (Å²) in [6, 6.07) is 10.5. The number of carbonyl (C=O) groups excluding carboxylic acids is 2. The van der Waals surface area contributed by atoms with Crippen LogP contribution in [0.1, 0.15) is 12.8 Å². The first-order valence-electron chi connectivity index (χ1n) is 8.58. The van der Waals surface area contributed by atoms with E-state index in [1.165, 1.54) is 0 Å². The third kappa shape index (κ3) is 2.72. The number of piperidine rings is 1. The molecule has 0 radical (unpaired) electrons. The molecular weight excluding hydrogens is 304 g/mol. The zero-order chi connectivity index (χ0) is 16.5. The lowest BCUT2D eigenvalue weighted by molar-refractivity contribution is -0.133. The number of likely N-dealkylation sites (tertiary alicyclic amines) is 1. The number of amides is 3. The van der Waals surface area contributed by atoms with Crippen molar-refractivity contribution >= 4 is 22.8 Å². The first-order valence-corrected chi connectivity index (χ1v) is 8.58. The van der Waals surface area contributed by atoms with Crippen molar-refractivity contribution in [1.82, 2.24) is 19.7 Å². The Balaban J connectivity index is 1.37. The van der Waals surface area contributed by atoms with E-state index < -0.39 is 0 Å². The normalized spacial score (nSPS) is 19.1. The molecule has 2 aliphatic rings. The maximum absolute atomic E-state index is 12.6. The van der Waals surface area contributed by atoms with Crippen molar-refractivity contribution in [2.24, 2.45) is 0 Å². The molecule has 0 saturated carbocycles. The van der Waals surface area contributed by atoms with Crippen molar-refractivity contribution in [3.63, 3.8) is 0 Å². The van der Waals surface area contributed by atoms with Crippen molar-refractivity contribution in [2.75, 3.05) is 26.2 Å². The number of aromatic nitrogens is 1. The van der Waals surface area contributed by atoms with E-state index in [1.807, 2.05) is 44.8 Å². The molecule has 3 heterocycles. The van der Waals surface area contributed by atoms with Crippen LogP contribution in [0.4, 0.5) is 4.79 Å². The van der Waals surface area contributed by atoms with Crippen LogP contribution in [0, 0.1) is 0 Å². The van der Waals surface area contributed by atoms with Gasteiger partial charge in [-0.25, -0.2) is 4.79 Å². The van der Waals surface area contributed by atoms with Crippen LogP contribution in [0.2, 0.25) is 0 Å². The summed E-state index contributed by atoms with van der Waals surface area (Å²) in [4.78, 5) is 28.2. The zero-order valence-corrected chi connectivity index (χ0v) is 13.6. The van der Waals surface area contributed by atoms with E-state index >= 15 is 0 Å². The molecule has 1 aromatic heterocycles. The third-order valence-electron chi connectivity index (χ3n) is 5.13. The molecule has 6 nitrogen and oxygen atoms in total. The van der Waals surface area contributed by atoms with Gasteiger partial charge in [-0.1, -0.05) is 18.2 Å². The summed E-state index contributed by atoms with van der Waals surface area (Å²) in [5.74, 6) is 0.153. The Bertz CT molecular complexity index is 761. The lowest BCUT2D eigenvalue weighted by atomic mass is 10.0. The summed E-state index contributed by atoms with van der Waals surface area (Å²) in [5, 5.41) is 4.01. The van der Waals surface area contributed by atoms with Crippen LogP contribution < -0.4 is 5.32 Å². The Hall–Kier alpha value is -2.50. The van der Waals surface area contributed by atoms with E-state index in [-0.39, 0.29) is 18.0 Å². The number of hydrogen-bond acceptors (Lipinski definition) is 2. The van der Waals surface area contributed by atoms with E-state index in [4.69, 9.17) is 0 Å². The van der Waals surface area contributed by atoms with Crippen molar-refractivity contribution in [3.8, 4) is 0 Å². The maximum Gasteiger partial charge on any atom is 0.317 e. The van der Waals surface area contributed by atoms with Gasteiger partial charge in [0.2, 0.25) is 5.91 Å². The average Bonchev–Trinajstić information content (AvgIpc) is 3.22. The highest BCUT2D eigenvalue weighted by molar-refractivity contribution is 5.83. The van der Waals surface area contributed by atoms with Crippen LogP contribution in [-0.4, -0.2) is 58.5 Å². The standard InChI is InChI=1S/C18H22N4O2/c23-17(13-21-9-5-14-3-1-2-4-16(14)21)20-10-6-15(7-11-20)22-12-8-19-18(22)24/h1-5,9,15H,6-8,10-13H2,(H,19,24). The Labute approximate surface area is 141 Å². The SMILES string of the molecule is O=C(Cn1ccc2ccccc21)N1CCC(N2CCNC2=O)CC1. The summed E-state index contributed by atoms with van der Waals surface area (Å²) in [6.45, 7) is 3.35. The van der Waals surface area contributed by atoms with Crippen LogP contribution in [-0.2, 0) is 11.3 Å². The van der Waals surface area contributed by atoms with E-state index in [2.05, 4.69) is 11.4 Å². The summed E-state index contributed by atoms with van der Waals surface area (Å²) in [7, 11) is 0. The van der Waals surface area contributed by atoms with Gasteiger partial charge in [0.05, 0.1) is 0 Å². The van der Waals surface area contributed by atoms with E-state index in [0.717, 1.165) is 49.9 Å². The van der Waals surface area contributed by atoms with Crippen LogP contribution in [0.5, 0.6) is 0 Å². The van der Waals surface area contributed by atoms with Gasteiger partial charge in [-0.15, -0.1) is 0 Å². The van der Waals surface area contributed by atoms with Crippen molar-refractivity contribution in [3.05, 3.63) is 36.5 Å². The van der Waals surface area contributed by atoms with E-state index in [1.54, 1.807) is 0 Å². The Morgan fingerprint density at radius 1 is 1.12 bits per heavy atom. The molecule has 126 valence electrons. The predicted octanol–water partition coefficient (Wildman–Crippen LogP) is 1.66. The van der Waals surface area contributed by atoms with Gasteiger partial charge in [0.25, 0.3) is 0 Å². The summed E-state index contributed by atoms with van der Waals surface area (Å²) < 4.78 is 2.01. The average molecular weight is 326 g/mol. The number of para-hydroxylation sites is 1. The zero-order valence-electron chi connectivity index (χ0n) is 13.6. The van der Waals surface area contributed by atoms with Crippen molar-refractivity contribution < 1.29 is 9.59 Å². The Morgan fingerprint density at radius 2 is 1.92 bits per heavy atom. The monoisotopic (exact) mass is 326 g/mol. The second-order valence-electron chi connectivity index (χ2n) is 6.54. The second kappa shape index (κ2) is 6.19. The molecule has 0 spiro atoms. The number of benzene rings is 1. The third-order valence-corrected chi connectivity index (χ3v) is 5.13. The van der Waals surface area contributed by atoms with E-state index in [0.29, 0.717) is 6.54 Å². The van der Waals surface area contributed by atoms with Gasteiger partial charge >= 0.3 is 6.03 Å². The highest BCUT2D eigenvalue weighted by Crippen LogP contribution is 2.20. The molecule has 0 unspecified atom stereocenters. The molecule has 1 N–H and O–H groups in total. The van der Waals surface area contributed by atoms with Gasteiger partial charge in [0.15, 0.2) is 0 Å².